The lowest BCUT2D eigenvalue weighted by molar-refractivity contribution is 0.0516. The Hall–Kier alpha value is -2.21. The number of ether oxygens (including phenoxy) is 1. The molecule has 124 valence electrons. The average molecular weight is 316 g/mol. The number of aromatic amines is 1. The van der Waals surface area contributed by atoms with Crippen LogP contribution in [-0.2, 0) is 17.8 Å². The molecule has 0 aliphatic carbocycles. The summed E-state index contributed by atoms with van der Waals surface area (Å²) in [6.45, 7) is 8.75. The molecule has 0 spiro atoms. The van der Waals surface area contributed by atoms with Crippen molar-refractivity contribution in [2.75, 3.05) is 13.2 Å². The second kappa shape index (κ2) is 8.43. The van der Waals surface area contributed by atoms with Gasteiger partial charge in [-0.3, -0.25) is 15.0 Å². The smallest absolute Gasteiger partial charge is 0.356 e. The molecule has 6 nitrogen and oxygen atoms in total. The summed E-state index contributed by atoms with van der Waals surface area (Å²) in [5.74, 6) is 0.152. The molecule has 0 saturated carbocycles. The van der Waals surface area contributed by atoms with Gasteiger partial charge in [0.25, 0.3) is 0 Å². The molecule has 0 radical (unpaired) electrons. The minimum atomic E-state index is -0.359. The summed E-state index contributed by atoms with van der Waals surface area (Å²) in [7, 11) is 0. The normalized spacial score (nSPS) is 11.2. The lowest BCUT2D eigenvalue weighted by Crippen LogP contribution is -2.28. The van der Waals surface area contributed by atoms with Crippen molar-refractivity contribution >= 4 is 5.97 Å². The maximum atomic E-state index is 12.0. The highest BCUT2D eigenvalue weighted by atomic mass is 16.5. The molecular weight excluding hydrogens is 292 g/mol. The third-order valence-corrected chi connectivity index (χ3v) is 3.33. The summed E-state index contributed by atoms with van der Waals surface area (Å²) >= 11 is 0. The van der Waals surface area contributed by atoms with Crippen LogP contribution in [0, 0.1) is 5.92 Å². The number of hydrogen-bond acceptors (Lipinski definition) is 5. The Morgan fingerprint density at radius 3 is 2.83 bits per heavy atom. The van der Waals surface area contributed by atoms with E-state index in [4.69, 9.17) is 4.74 Å². The quantitative estimate of drug-likeness (QED) is 0.758. The van der Waals surface area contributed by atoms with Gasteiger partial charge in [-0.25, -0.2) is 4.79 Å². The summed E-state index contributed by atoms with van der Waals surface area (Å²) < 4.78 is 5.07. The molecule has 0 saturated heterocycles. The molecule has 23 heavy (non-hydrogen) atoms. The summed E-state index contributed by atoms with van der Waals surface area (Å²) in [6.07, 6.45) is 3.49. The van der Waals surface area contributed by atoms with Gasteiger partial charge in [0.05, 0.1) is 18.5 Å². The Bertz CT molecular complexity index is 610. The van der Waals surface area contributed by atoms with Gasteiger partial charge in [0.1, 0.15) is 5.69 Å². The van der Waals surface area contributed by atoms with Crippen molar-refractivity contribution in [1.29, 1.82) is 0 Å². The Morgan fingerprint density at radius 1 is 1.35 bits per heavy atom. The highest BCUT2D eigenvalue weighted by Gasteiger charge is 2.18. The third-order valence-electron chi connectivity index (χ3n) is 3.33. The second-order valence-electron chi connectivity index (χ2n) is 5.88. The van der Waals surface area contributed by atoms with Gasteiger partial charge in [-0.2, -0.15) is 5.10 Å². The van der Waals surface area contributed by atoms with Crippen LogP contribution >= 0.6 is 0 Å². The zero-order valence-electron chi connectivity index (χ0n) is 14.0. The van der Waals surface area contributed by atoms with E-state index in [2.05, 4.69) is 33.9 Å². The summed E-state index contributed by atoms with van der Waals surface area (Å²) in [4.78, 5) is 18.6. The molecule has 0 aliphatic heterocycles. The van der Waals surface area contributed by atoms with E-state index >= 15 is 0 Å². The molecule has 0 unspecified atom stereocenters. The van der Waals surface area contributed by atoms with E-state index in [1.54, 1.807) is 19.3 Å². The Labute approximate surface area is 136 Å². The largest absolute Gasteiger partial charge is 0.461 e. The number of rotatable bonds is 8. The fraction of sp³-hybridized carbons (Fsp3) is 0.471. The van der Waals surface area contributed by atoms with Gasteiger partial charge in [0.2, 0.25) is 0 Å². The maximum Gasteiger partial charge on any atom is 0.356 e. The van der Waals surface area contributed by atoms with Gasteiger partial charge in [-0.15, -0.1) is 0 Å². The number of esters is 1. The molecule has 0 amide bonds. The van der Waals surface area contributed by atoms with Crippen molar-refractivity contribution in [2.24, 2.45) is 5.92 Å². The summed E-state index contributed by atoms with van der Waals surface area (Å²) in [6, 6.07) is 5.90. The van der Waals surface area contributed by atoms with Gasteiger partial charge >= 0.3 is 5.97 Å². The number of nitrogens with zero attached hydrogens (tertiary/aromatic N) is 3. The van der Waals surface area contributed by atoms with Crippen molar-refractivity contribution in [1.82, 2.24) is 20.1 Å². The monoisotopic (exact) mass is 316 g/mol. The van der Waals surface area contributed by atoms with Crippen molar-refractivity contribution in [3.05, 3.63) is 47.5 Å². The van der Waals surface area contributed by atoms with Crippen LogP contribution in [0.2, 0.25) is 0 Å². The Kier molecular flexibility index (Phi) is 6.29. The van der Waals surface area contributed by atoms with Crippen molar-refractivity contribution in [2.45, 2.75) is 33.9 Å². The lowest BCUT2D eigenvalue weighted by atomic mass is 10.1. The SMILES string of the molecule is CCOC(=O)c1[nH]ncc1CN(Cc1ccccn1)CC(C)C. The Morgan fingerprint density at radius 2 is 2.17 bits per heavy atom. The van der Waals surface area contributed by atoms with E-state index in [0.29, 0.717) is 24.8 Å². The molecule has 2 aromatic heterocycles. The van der Waals surface area contributed by atoms with Crippen LogP contribution in [-0.4, -0.2) is 39.2 Å². The van der Waals surface area contributed by atoms with Crippen LogP contribution in [0.5, 0.6) is 0 Å². The maximum absolute atomic E-state index is 12.0. The van der Waals surface area contributed by atoms with Gasteiger partial charge < -0.3 is 4.74 Å². The number of pyridine rings is 1. The number of H-pyrrole nitrogens is 1. The lowest BCUT2D eigenvalue weighted by Gasteiger charge is -2.23. The number of hydrogen-bond donors (Lipinski definition) is 1. The van der Waals surface area contributed by atoms with Gasteiger partial charge in [-0.05, 0) is 25.0 Å². The second-order valence-corrected chi connectivity index (χ2v) is 5.88. The zero-order chi connectivity index (χ0) is 16.7. The van der Waals surface area contributed by atoms with Gasteiger partial charge in [-0.1, -0.05) is 19.9 Å². The predicted molar refractivity (Wildman–Crippen MR) is 87.7 cm³/mol. The van der Waals surface area contributed by atoms with E-state index in [0.717, 1.165) is 24.3 Å². The van der Waals surface area contributed by atoms with Crippen LogP contribution in [0.4, 0.5) is 0 Å². The molecule has 1 N–H and O–H groups in total. The van der Waals surface area contributed by atoms with Crippen LogP contribution in [0.1, 0.15) is 42.5 Å². The molecule has 0 fully saturated rings. The fourth-order valence-corrected chi connectivity index (χ4v) is 2.47. The number of carbonyl (C=O) groups is 1. The first-order chi connectivity index (χ1) is 11.1. The molecule has 0 atom stereocenters. The topological polar surface area (TPSA) is 71.1 Å². The zero-order valence-corrected chi connectivity index (χ0v) is 14.0. The van der Waals surface area contributed by atoms with E-state index in [9.17, 15) is 4.79 Å². The standard InChI is InChI=1S/C17H24N4O2/c1-4-23-17(22)16-14(9-19-20-16)11-21(10-13(2)3)12-15-7-5-6-8-18-15/h5-9,13H,4,10-12H2,1-3H3,(H,19,20). The molecule has 0 aliphatic rings. The van der Waals surface area contributed by atoms with E-state index < -0.39 is 0 Å². The third kappa shape index (κ3) is 5.17. The highest BCUT2D eigenvalue weighted by Crippen LogP contribution is 2.14. The van der Waals surface area contributed by atoms with Gasteiger partial charge in [0.15, 0.2) is 0 Å². The number of carbonyl (C=O) groups excluding carboxylic acids is 1. The van der Waals surface area contributed by atoms with E-state index in [1.165, 1.54) is 0 Å². The number of nitrogens with one attached hydrogen (secondary N) is 1. The minimum absolute atomic E-state index is 0.348. The van der Waals surface area contributed by atoms with Crippen LogP contribution in [0.3, 0.4) is 0 Å². The highest BCUT2D eigenvalue weighted by molar-refractivity contribution is 5.88. The first-order valence-corrected chi connectivity index (χ1v) is 7.91. The molecule has 6 heteroatoms. The van der Waals surface area contributed by atoms with Crippen molar-refractivity contribution in [3.8, 4) is 0 Å². The van der Waals surface area contributed by atoms with Crippen LogP contribution in [0.15, 0.2) is 30.6 Å². The molecule has 2 aromatic rings. The first kappa shape index (κ1) is 17.1. The summed E-state index contributed by atoms with van der Waals surface area (Å²) in [5, 5.41) is 6.74. The molecule has 2 rings (SSSR count). The Balaban J connectivity index is 2.12. The minimum Gasteiger partial charge on any atom is -0.461 e. The molecular formula is C17H24N4O2. The van der Waals surface area contributed by atoms with Crippen LogP contribution < -0.4 is 0 Å². The van der Waals surface area contributed by atoms with Crippen molar-refractivity contribution in [3.63, 3.8) is 0 Å². The average Bonchev–Trinajstić information content (AvgIpc) is 2.96. The summed E-state index contributed by atoms with van der Waals surface area (Å²) in [5.41, 5.74) is 2.29. The molecule has 0 aromatic carbocycles. The molecule has 2 heterocycles. The van der Waals surface area contributed by atoms with E-state index in [-0.39, 0.29) is 5.97 Å². The first-order valence-electron chi connectivity index (χ1n) is 7.91. The van der Waals surface area contributed by atoms with E-state index in [1.807, 2.05) is 18.2 Å². The fourth-order valence-electron chi connectivity index (χ4n) is 2.47. The molecule has 0 bridgehead atoms. The predicted octanol–water partition coefficient (Wildman–Crippen LogP) is 2.64. The van der Waals surface area contributed by atoms with Crippen molar-refractivity contribution < 1.29 is 9.53 Å². The van der Waals surface area contributed by atoms with Gasteiger partial charge in [0, 0.05) is 31.4 Å². The number of aromatic nitrogens is 3. The van der Waals surface area contributed by atoms with Crippen LogP contribution in [0.25, 0.3) is 0 Å².